The van der Waals surface area contributed by atoms with Crippen LogP contribution in [-0.4, -0.2) is 11.0 Å². The molecule has 0 atom stereocenters. The Labute approximate surface area is 101 Å². The molecule has 0 aliphatic heterocycles. The van der Waals surface area contributed by atoms with Gasteiger partial charge in [0.1, 0.15) is 5.52 Å². The Kier molecular flexibility index (Phi) is 2.75. The lowest BCUT2D eigenvalue weighted by atomic mass is 10.2. The van der Waals surface area contributed by atoms with Crippen molar-refractivity contribution in [3.8, 4) is 0 Å². The third-order valence-electron chi connectivity index (χ3n) is 3.46. The molecule has 0 saturated heterocycles. The number of aromatic nitrogens is 1. The van der Waals surface area contributed by atoms with Gasteiger partial charge < -0.3 is 9.73 Å². The topological polar surface area (TPSA) is 38.1 Å². The number of oxazole rings is 1. The standard InChI is InChI=1S/C14H18N2O/c1-2-14-16-12-9-11(7-8-13(12)17-14)15-10-5-3-4-6-10/h7-10,15H,2-6H2,1H3. The van der Waals surface area contributed by atoms with Crippen molar-refractivity contribution in [2.24, 2.45) is 0 Å². The lowest BCUT2D eigenvalue weighted by molar-refractivity contribution is 0.538. The van der Waals surface area contributed by atoms with E-state index in [2.05, 4.69) is 29.4 Å². The maximum atomic E-state index is 5.60. The smallest absolute Gasteiger partial charge is 0.195 e. The molecule has 0 radical (unpaired) electrons. The summed E-state index contributed by atoms with van der Waals surface area (Å²) in [4.78, 5) is 4.46. The van der Waals surface area contributed by atoms with E-state index in [1.165, 1.54) is 31.4 Å². The summed E-state index contributed by atoms with van der Waals surface area (Å²) in [5.74, 6) is 0.818. The number of hydrogen-bond acceptors (Lipinski definition) is 3. The average Bonchev–Trinajstić information content (AvgIpc) is 2.96. The summed E-state index contributed by atoms with van der Waals surface area (Å²) in [6.45, 7) is 2.06. The molecule has 1 aromatic carbocycles. The van der Waals surface area contributed by atoms with Crippen LogP contribution in [0.3, 0.4) is 0 Å². The van der Waals surface area contributed by atoms with E-state index in [9.17, 15) is 0 Å². The molecule has 0 bridgehead atoms. The summed E-state index contributed by atoms with van der Waals surface area (Å²) in [6, 6.07) is 6.84. The van der Waals surface area contributed by atoms with Crippen LogP contribution in [0.15, 0.2) is 22.6 Å². The van der Waals surface area contributed by atoms with Gasteiger partial charge in [0.2, 0.25) is 0 Å². The van der Waals surface area contributed by atoms with Crippen molar-refractivity contribution in [3.05, 3.63) is 24.1 Å². The van der Waals surface area contributed by atoms with E-state index in [1.54, 1.807) is 0 Å². The maximum Gasteiger partial charge on any atom is 0.195 e. The summed E-state index contributed by atoms with van der Waals surface area (Å²) in [6.07, 6.45) is 6.13. The van der Waals surface area contributed by atoms with Crippen molar-refractivity contribution < 1.29 is 4.42 Å². The van der Waals surface area contributed by atoms with E-state index in [0.29, 0.717) is 6.04 Å². The lowest BCUT2D eigenvalue weighted by Crippen LogP contribution is -2.14. The molecule has 1 aliphatic rings. The first-order chi connectivity index (χ1) is 8.35. The summed E-state index contributed by atoms with van der Waals surface area (Å²) in [5.41, 5.74) is 3.02. The SMILES string of the molecule is CCc1nc2cc(NC3CCCC3)ccc2o1. The predicted molar refractivity (Wildman–Crippen MR) is 69.3 cm³/mol. The number of anilines is 1. The van der Waals surface area contributed by atoms with Gasteiger partial charge in [-0.3, -0.25) is 0 Å². The predicted octanol–water partition coefficient (Wildman–Crippen LogP) is 3.74. The van der Waals surface area contributed by atoms with Gasteiger partial charge in [-0.05, 0) is 31.0 Å². The molecule has 1 fully saturated rings. The van der Waals surface area contributed by atoms with Gasteiger partial charge in [0, 0.05) is 18.2 Å². The molecule has 1 aromatic heterocycles. The van der Waals surface area contributed by atoms with Crippen molar-refractivity contribution in [1.29, 1.82) is 0 Å². The molecule has 0 amide bonds. The van der Waals surface area contributed by atoms with Gasteiger partial charge in [-0.25, -0.2) is 4.98 Å². The van der Waals surface area contributed by atoms with Crippen molar-refractivity contribution in [3.63, 3.8) is 0 Å². The Morgan fingerprint density at radius 3 is 2.94 bits per heavy atom. The first-order valence-electron chi connectivity index (χ1n) is 6.51. The number of nitrogens with zero attached hydrogens (tertiary/aromatic N) is 1. The molecule has 3 nitrogen and oxygen atoms in total. The van der Waals surface area contributed by atoms with Crippen molar-refractivity contribution >= 4 is 16.8 Å². The van der Waals surface area contributed by atoms with E-state index < -0.39 is 0 Å². The van der Waals surface area contributed by atoms with Crippen LogP contribution in [0, 0.1) is 0 Å². The Morgan fingerprint density at radius 1 is 1.35 bits per heavy atom. The van der Waals surface area contributed by atoms with Crippen LogP contribution < -0.4 is 5.32 Å². The largest absolute Gasteiger partial charge is 0.441 e. The molecule has 0 unspecified atom stereocenters. The van der Waals surface area contributed by atoms with Crippen LogP contribution in [0.1, 0.15) is 38.5 Å². The summed E-state index contributed by atoms with van der Waals surface area (Å²) >= 11 is 0. The minimum Gasteiger partial charge on any atom is -0.441 e. The third-order valence-corrected chi connectivity index (χ3v) is 3.46. The molecule has 90 valence electrons. The Bertz CT molecular complexity index is 512. The molecule has 1 N–H and O–H groups in total. The van der Waals surface area contributed by atoms with Gasteiger partial charge in [-0.15, -0.1) is 0 Å². The molecule has 1 heterocycles. The van der Waals surface area contributed by atoms with E-state index in [-0.39, 0.29) is 0 Å². The Balaban J connectivity index is 1.84. The number of aryl methyl sites for hydroxylation is 1. The fourth-order valence-corrected chi connectivity index (χ4v) is 2.52. The first kappa shape index (κ1) is 10.6. The fraction of sp³-hybridized carbons (Fsp3) is 0.500. The second-order valence-electron chi connectivity index (χ2n) is 4.77. The van der Waals surface area contributed by atoms with Crippen molar-refractivity contribution in [2.75, 3.05) is 5.32 Å². The van der Waals surface area contributed by atoms with Gasteiger partial charge in [0.05, 0.1) is 0 Å². The van der Waals surface area contributed by atoms with Crippen LogP contribution in [0.2, 0.25) is 0 Å². The molecule has 0 spiro atoms. The van der Waals surface area contributed by atoms with Crippen LogP contribution >= 0.6 is 0 Å². The number of hydrogen-bond donors (Lipinski definition) is 1. The van der Waals surface area contributed by atoms with Gasteiger partial charge >= 0.3 is 0 Å². The average molecular weight is 230 g/mol. The van der Waals surface area contributed by atoms with Crippen molar-refractivity contribution in [1.82, 2.24) is 4.98 Å². The number of rotatable bonds is 3. The zero-order valence-corrected chi connectivity index (χ0v) is 10.2. The Morgan fingerprint density at radius 2 is 2.18 bits per heavy atom. The minimum absolute atomic E-state index is 0.644. The number of benzene rings is 1. The second-order valence-corrected chi connectivity index (χ2v) is 4.77. The molecule has 3 rings (SSSR count). The molecule has 3 heteroatoms. The molecule has 2 aromatic rings. The molecular formula is C14H18N2O. The molecule has 17 heavy (non-hydrogen) atoms. The second kappa shape index (κ2) is 4.40. The van der Waals surface area contributed by atoms with E-state index in [4.69, 9.17) is 4.42 Å². The fourth-order valence-electron chi connectivity index (χ4n) is 2.52. The van der Waals surface area contributed by atoms with Crippen molar-refractivity contribution in [2.45, 2.75) is 45.1 Å². The van der Waals surface area contributed by atoms with Crippen LogP contribution in [0.5, 0.6) is 0 Å². The zero-order valence-electron chi connectivity index (χ0n) is 10.2. The summed E-state index contributed by atoms with van der Waals surface area (Å²) in [5, 5.41) is 3.58. The normalized spacial score (nSPS) is 16.8. The van der Waals surface area contributed by atoms with Crippen LogP contribution in [0.4, 0.5) is 5.69 Å². The van der Waals surface area contributed by atoms with Crippen LogP contribution in [-0.2, 0) is 6.42 Å². The summed E-state index contributed by atoms with van der Waals surface area (Å²) < 4.78 is 5.60. The third kappa shape index (κ3) is 2.14. The highest BCUT2D eigenvalue weighted by Crippen LogP contribution is 2.25. The first-order valence-corrected chi connectivity index (χ1v) is 6.51. The monoisotopic (exact) mass is 230 g/mol. The molecule has 1 aliphatic carbocycles. The zero-order chi connectivity index (χ0) is 11.7. The highest BCUT2D eigenvalue weighted by atomic mass is 16.3. The highest BCUT2D eigenvalue weighted by molar-refractivity contribution is 5.77. The quantitative estimate of drug-likeness (QED) is 0.872. The number of nitrogens with one attached hydrogen (secondary N) is 1. The molecular weight excluding hydrogens is 212 g/mol. The van der Waals surface area contributed by atoms with Crippen LogP contribution in [0.25, 0.3) is 11.1 Å². The van der Waals surface area contributed by atoms with Gasteiger partial charge in [0.25, 0.3) is 0 Å². The Hall–Kier alpha value is -1.51. The summed E-state index contributed by atoms with van der Waals surface area (Å²) in [7, 11) is 0. The lowest BCUT2D eigenvalue weighted by Gasteiger charge is -2.12. The van der Waals surface area contributed by atoms with Gasteiger partial charge in [-0.2, -0.15) is 0 Å². The molecule has 1 saturated carbocycles. The van der Waals surface area contributed by atoms with E-state index in [1.807, 2.05) is 6.07 Å². The maximum absolute atomic E-state index is 5.60. The number of fused-ring (bicyclic) bond motifs is 1. The van der Waals surface area contributed by atoms with E-state index in [0.717, 1.165) is 23.4 Å². The van der Waals surface area contributed by atoms with E-state index >= 15 is 0 Å². The minimum atomic E-state index is 0.644. The van der Waals surface area contributed by atoms with Gasteiger partial charge in [-0.1, -0.05) is 19.8 Å². The highest BCUT2D eigenvalue weighted by Gasteiger charge is 2.14. The van der Waals surface area contributed by atoms with Gasteiger partial charge in [0.15, 0.2) is 11.5 Å².